The third kappa shape index (κ3) is 67.1. The fourth-order valence-corrected chi connectivity index (χ4v) is 0. The number of hydrogen-bond donors (Lipinski definition) is 0. The monoisotopic (exact) mass is 159 g/mol. The Morgan fingerprint density at radius 1 is 1.14 bits per heavy atom. The maximum Gasteiger partial charge on any atom is 2.00 e. The minimum atomic E-state index is -5.39. The molecule has 0 bridgehead atoms. The van der Waals surface area contributed by atoms with Crippen LogP contribution in [0.15, 0.2) is 0 Å². The maximum atomic E-state index is 8.55. The summed E-state index contributed by atoms with van der Waals surface area (Å²) >= 11 is 0. The van der Waals surface area contributed by atoms with E-state index in [9.17, 15) is 0 Å². The van der Waals surface area contributed by atoms with Crippen LogP contribution in [0.25, 0.3) is 0 Å². The van der Waals surface area contributed by atoms with Crippen LogP contribution in [0.3, 0.4) is 0 Å². The molecule has 32 valence electrons. The molecule has 7 heteroatoms. The van der Waals surface area contributed by atoms with E-state index in [2.05, 4.69) is 0 Å². The first kappa shape index (κ1) is 16.1. The second-order valence-corrected chi connectivity index (χ2v) is 1.34. The Bertz CT molecular complexity index is 57.8. The number of phosphoric acid groups is 1. The van der Waals surface area contributed by atoms with Crippen LogP contribution in [0.4, 0.5) is 0 Å². The number of hydrogen-bond acceptors (Lipinski definition) is 4. The molecular formula is CaMgO4P+. The molecule has 0 unspecified atom stereocenters. The molecule has 0 aliphatic rings. The molecule has 0 N–H and O–H groups in total. The molecule has 0 saturated carbocycles. The molecule has 0 radical (unpaired) electrons. The van der Waals surface area contributed by atoms with Crippen molar-refractivity contribution in [3.05, 3.63) is 0 Å². The van der Waals surface area contributed by atoms with Crippen LogP contribution in [0.1, 0.15) is 0 Å². The summed E-state index contributed by atoms with van der Waals surface area (Å²) in [5.74, 6) is 0. The van der Waals surface area contributed by atoms with Gasteiger partial charge in [-0.15, -0.1) is 0 Å². The predicted octanol–water partition coefficient (Wildman–Crippen LogP) is -3.59. The molecule has 0 fully saturated rings. The van der Waals surface area contributed by atoms with Gasteiger partial charge in [0.25, 0.3) is 0 Å². The van der Waals surface area contributed by atoms with E-state index in [0.717, 1.165) is 0 Å². The number of rotatable bonds is 0. The van der Waals surface area contributed by atoms with Crippen molar-refractivity contribution < 1.29 is 19.2 Å². The molecule has 0 aliphatic carbocycles. The van der Waals surface area contributed by atoms with Gasteiger partial charge in [0, 0.05) is 0 Å². The summed E-state index contributed by atoms with van der Waals surface area (Å²) in [6.45, 7) is 0. The molecule has 0 heterocycles. The van der Waals surface area contributed by atoms with E-state index in [1.54, 1.807) is 0 Å². The van der Waals surface area contributed by atoms with E-state index in [1.807, 2.05) is 0 Å². The van der Waals surface area contributed by atoms with Gasteiger partial charge in [-0.05, 0) is 0 Å². The zero-order valence-corrected chi connectivity index (χ0v) is 8.01. The van der Waals surface area contributed by atoms with E-state index >= 15 is 0 Å². The Labute approximate surface area is 86.7 Å². The van der Waals surface area contributed by atoms with Gasteiger partial charge in [0.15, 0.2) is 0 Å². The van der Waals surface area contributed by atoms with E-state index in [0.29, 0.717) is 0 Å². The summed E-state index contributed by atoms with van der Waals surface area (Å²) in [6.07, 6.45) is 0. The van der Waals surface area contributed by atoms with Gasteiger partial charge in [-0.25, -0.2) is 0 Å². The van der Waals surface area contributed by atoms with Gasteiger partial charge in [-0.2, -0.15) is 7.82 Å². The van der Waals surface area contributed by atoms with Crippen molar-refractivity contribution in [2.75, 3.05) is 0 Å². The average molecular weight is 159 g/mol. The Morgan fingerprint density at radius 3 is 1.14 bits per heavy atom. The summed E-state index contributed by atoms with van der Waals surface area (Å²) in [4.78, 5) is 25.6. The molecule has 0 amide bonds. The van der Waals surface area contributed by atoms with E-state index in [-0.39, 0.29) is 60.8 Å². The fraction of sp³-hybridized carbons (Fsp3) is 0. The Morgan fingerprint density at radius 2 is 1.14 bits per heavy atom. The summed E-state index contributed by atoms with van der Waals surface area (Å²) in [5.41, 5.74) is 0. The third-order valence-corrected chi connectivity index (χ3v) is 0. The van der Waals surface area contributed by atoms with Crippen LogP contribution in [0.2, 0.25) is 0 Å². The molecule has 0 aromatic heterocycles. The quantitative estimate of drug-likeness (QED) is 0.270. The molecule has 0 atom stereocenters. The topological polar surface area (TPSA) is 86.2 Å². The molecular weight excluding hydrogens is 159 g/mol. The van der Waals surface area contributed by atoms with E-state index < -0.39 is 7.82 Å². The summed E-state index contributed by atoms with van der Waals surface area (Å²) < 4.78 is 8.55. The largest absolute Gasteiger partial charge is 2.00 e. The molecule has 7 heavy (non-hydrogen) atoms. The van der Waals surface area contributed by atoms with Crippen LogP contribution >= 0.6 is 7.82 Å². The van der Waals surface area contributed by atoms with Gasteiger partial charge >= 0.3 is 60.8 Å². The van der Waals surface area contributed by atoms with Crippen molar-refractivity contribution in [2.45, 2.75) is 0 Å². The standard InChI is InChI=1S/Ca.Mg.H3O4P/c;;1-5(2,3)4/h;;(H3,1,2,3,4)/q2*+2;/p-3. The predicted molar refractivity (Wildman–Crippen MR) is 19.1 cm³/mol. The first-order valence-electron chi connectivity index (χ1n) is 0.730. The normalized spacial score (nSPS) is 8.43. The Hall–Kier alpha value is 2.14. The zero-order chi connectivity index (χ0) is 4.50. The van der Waals surface area contributed by atoms with Gasteiger partial charge in [0.1, 0.15) is 0 Å². The molecule has 0 spiro atoms. The molecule has 0 rings (SSSR count). The maximum absolute atomic E-state index is 8.55. The van der Waals surface area contributed by atoms with Crippen LogP contribution in [-0.2, 0) is 4.57 Å². The van der Waals surface area contributed by atoms with Crippen LogP contribution in [-0.4, -0.2) is 60.8 Å². The van der Waals surface area contributed by atoms with Gasteiger partial charge in [0.2, 0.25) is 0 Å². The Balaban J connectivity index is -0.0000000800. The summed E-state index contributed by atoms with van der Waals surface area (Å²) in [6, 6.07) is 0. The minimum absolute atomic E-state index is 0. The van der Waals surface area contributed by atoms with Crippen molar-refractivity contribution in [3.63, 3.8) is 0 Å². The van der Waals surface area contributed by atoms with Gasteiger partial charge in [-0.1, -0.05) is 0 Å². The molecule has 0 aliphatic heterocycles. The van der Waals surface area contributed by atoms with Crippen LogP contribution < -0.4 is 14.7 Å². The summed E-state index contributed by atoms with van der Waals surface area (Å²) in [5, 5.41) is 0. The van der Waals surface area contributed by atoms with E-state index in [4.69, 9.17) is 19.2 Å². The van der Waals surface area contributed by atoms with Crippen molar-refractivity contribution in [3.8, 4) is 0 Å². The van der Waals surface area contributed by atoms with E-state index in [1.165, 1.54) is 0 Å². The first-order chi connectivity index (χ1) is 2.00. The second kappa shape index (κ2) is 6.26. The van der Waals surface area contributed by atoms with Crippen molar-refractivity contribution >= 4 is 68.6 Å². The second-order valence-electron chi connectivity index (χ2n) is 0.447. The van der Waals surface area contributed by atoms with Crippen molar-refractivity contribution in [2.24, 2.45) is 0 Å². The van der Waals surface area contributed by atoms with Crippen LogP contribution in [0.5, 0.6) is 0 Å². The van der Waals surface area contributed by atoms with Crippen LogP contribution in [0, 0.1) is 0 Å². The SMILES string of the molecule is O=P([O-])([O-])[O-].[Ca+2].[Mg+2]. The van der Waals surface area contributed by atoms with Gasteiger partial charge in [-0.3, -0.25) is 0 Å². The fourth-order valence-electron chi connectivity index (χ4n) is 0. The molecule has 4 nitrogen and oxygen atoms in total. The smallest absolute Gasteiger partial charge is 0.822 e. The molecule has 0 aromatic carbocycles. The average Bonchev–Trinajstić information content (AvgIpc) is 0.722. The van der Waals surface area contributed by atoms with Gasteiger partial charge < -0.3 is 19.2 Å². The van der Waals surface area contributed by atoms with Crippen molar-refractivity contribution in [1.82, 2.24) is 0 Å². The van der Waals surface area contributed by atoms with Gasteiger partial charge in [0.05, 0.1) is 0 Å². The molecule has 0 aromatic rings. The minimum Gasteiger partial charge on any atom is -0.822 e. The summed E-state index contributed by atoms with van der Waals surface area (Å²) in [7, 11) is -5.39. The zero-order valence-electron chi connectivity index (χ0n) is 3.49. The first-order valence-corrected chi connectivity index (χ1v) is 2.19. The Kier molecular flexibility index (Phi) is 14.4. The third-order valence-electron chi connectivity index (χ3n) is 0. The molecule has 0 saturated heterocycles. The van der Waals surface area contributed by atoms with Crippen molar-refractivity contribution in [1.29, 1.82) is 0 Å².